The molecule has 0 bridgehead atoms. The van der Waals surface area contributed by atoms with Crippen molar-refractivity contribution in [3.63, 3.8) is 0 Å². The zero-order chi connectivity index (χ0) is 19.3. The van der Waals surface area contributed by atoms with Gasteiger partial charge in [-0.2, -0.15) is 4.98 Å². The number of Topliss-reactive ketones (excluding diaryl/α,β-unsaturated/α-hetero) is 1. The summed E-state index contributed by atoms with van der Waals surface area (Å²) < 4.78 is 1.82. The zero-order valence-corrected chi connectivity index (χ0v) is 15.5. The number of nitrogens with one attached hydrogen (secondary N) is 1. The summed E-state index contributed by atoms with van der Waals surface area (Å²) >= 11 is 0. The third-order valence-corrected chi connectivity index (χ3v) is 5.35. The van der Waals surface area contributed by atoms with E-state index in [9.17, 15) is 9.90 Å². The van der Waals surface area contributed by atoms with Crippen molar-refractivity contribution in [2.75, 3.05) is 5.32 Å². The van der Waals surface area contributed by atoms with Crippen LogP contribution in [0.4, 0.5) is 5.95 Å². The van der Waals surface area contributed by atoms with Crippen molar-refractivity contribution in [2.24, 2.45) is 0 Å². The first-order valence-corrected chi connectivity index (χ1v) is 9.46. The Morgan fingerprint density at radius 2 is 1.96 bits per heavy atom. The van der Waals surface area contributed by atoms with Crippen LogP contribution in [-0.2, 0) is 4.79 Å². The molecule has 28 heavy (non-hydrogen) atoms. The number of fused-ring (bicyclic) bond motifs is 1. The summed E-state index contributed by atoms with van der Waals surface area (Å²) in [7, 11) is 0. The van der Waals surface area contributed by atoms with Crippen molar-refractivity contribution in [1.29, 1.82) is 0 Å². The number of ketones is 1. The lowest BCUT2D eigenvalue weighted by Gasteiger charge is -2.32. The maximum absolute atomic E-state index is 12.8. The highest BCUT2D eigenvalue weighted by Crippen LogP contribution is 2.40. The lowest BCUT2D eigenvalue weighted by atomic mass is 9.85. The zero-order valence-electron chi connectivity index (χ0n) is 15.5. The van der Waals surface area contributed by atoms with Crippen LogP contribution < -0.4 is 5.32 Å². The van der Waals surface area contributed by atoms with Crippen LogP contribution in [0.3, 0.4) is 0 Å². The Bertz CT molecular complexity index is 1110. The number of phenols is 1. The van der Waals surface area contributed by atoms with Crippen molar-refractivity contribution in [3.8, 4) is 17.1 Å². The summed E-state index contributed by atoms with van der Waals surface area (Å²) in [6.07, 6.45) is 2.26. The van der Waals surface area contributed by atoms with Crippen LogP contribution in [0.2, 0.25) is 0 Å². The van der Waals surface area contributed by atoms with E-state index in [2.05, 4.69) is 16.4 Å². The number of aromatic nitrogens is 3. The maximum Gasteiger partial charge on any atom is 0.226 e. The minimum Gasteiger partial charge on any atom is -0.508 e. The average molecular weight is 372 g/mol. The molecule has 0 spiro atoms. The van der Waals surface area contributed by atoms with E-state index in [0.717, 1.165) is 40.8 Å². The number of carbonyl (C=O) groups excluding carboxylic acids is 1. The molecule has 0 unspecified atom stereocenters. The molecule has 3 aromatic rings. The second-order valence-corrected chi connectivity index (χ2v) is 7.36. The number of aromatic hydroxyl groups is 1. The number of hydrogen-bond donors (Lipinski definition) is 2. The van der Waals surface area contributed by atoms with Crippen LogP contribution in [0, 0.1) is 6.92 Å². The first-order chi connectivity index (χ1) is 13.6. The van der Waals surface area contributed by atoms with Gasteiger partial charge in [0.15, 0.2) is 11.6 Å². The monoisotopic (exact) mass is 372 g/mol. The maximum atomic E-state index is 12.8. The van der Waals surface area contributed by atoms with Gasteiger partial charge in [-0.15, -0.1) is 5.10 Å². The van der Waals surface area contributed by atoms with Crippen LogP contribution in [0.5, 0.6) is 5.75 Å². The van der Waals surface area contributed by atoms with E-state index in [0.29, 0.717) is 18.2 Å². The average Bonchev–Trinajstić information content (AvgIpc) is 3.10. The lowest BCUT2D eigenvalue weighted by molar-refractivity contribution is -0.116. The molecule has 2 aromatic carbocycles. The normalized spacial score (nSPS) is 18.5. The van der Waals surface area contributed by atoms with Crippen molar-refractivity contribution in [1.82, 2.24) is 14.8 Å². The van der Waals surface area contributed by atoms with E-state index in [1.165, 1.54) is 0 Å². The predicted molar refractivity (Wildman–Crippen MR) is 106 cm³/mol. The Labute approximate surface area is 162 Å². The largest absolute Gasteiger partial charge is 0.508 e. The van der Waals surface area contributed by atoms with Gasteiger partial charge in [0, 0.05) is 23.3 Å². The highest BCUT2D eigenvalue weighted by atomic mass is 16.3. The summed E-state index contributed by atoms with van der Waals surface area (Å²) in [5, 5.41) is 17.6. The van der Waals surface area contributed by atoms with E-state index in [4.69, 9.17) is 5.10 Å². The summed E-state index contributed by atoms with van der Waals surface area (Å²) in [5.74, 6) is 1.58. The molecule has 6 nitrogen and oxygen atoms in total. The fourth-order valence-electron chi connectivity index (χ4n) is 4.04. The van der Waals surface area contributed by atoms with Gasteiger partial charge in [0.25, 0.3) is 0 Å². The van der Waals surface area contributed by atoms with Crippen molar-refractivity contribution < 1.29 is 9.90 Å². The summed E-state index contributed by atoms with van der Waals surface area (Å²) in [6.45, 7) is 2.05. The topological polar surface area (TPSA) is 80.0 Å². The van der Waals surface area contributed by atoms with Crippen LogP contribution in [0.25, 0.3) is 11.4 Å². The number of nitrogens with zero attached hydrogens (tertiary/aromatic N) is 3. The van der Waals surface area contributed by atoms with Crippen LogP contribution in [0.15, 0.2) is 59.8 Å². The van der Waals surface area contributed by atoms with Crippen LogP contribution >= 0.6 is 0 Å². The van der Waals surface area contributed by atoms with Gasteiger partial charge < -0.3 is 10.4 Å². The SMILES string of the molecule is Cc1cccc([C@@H]2C3=C(CCCC3=O)Nc3nc(-c4ccc(O)cc4)nn32)c1. The number of hydrogen-bond acceptors (Lipinski definition) is 5. The van der Waals surface area contributed by atoms with E-state index >= 15 is 0 Å². The van der Waals surface area contributed by atoms with Crippen LogP contribution in [0.1, 0.15) is 36.4 Å². The Kier molecular flexibility index (Phi) is 3.79. The fourth-order valence-corrected chi connectivity index (χ4v) is 4.04. The third-order valence-electron chi connectivity index (χ3n) is 5.35. The molecule has 2 aliphatic rings. The van der Waals surface area contributed by atoms with Gasteiger partial charge in [-0.3, -0.25) is 4.79 Å². The standard InChI is InChI=1S/C22H20N4O2/c1-13-4-2-5-15(12-13)20-19-17(6-3-7-18(19)28)23-22-24-21(25-26(20)22)14-8-10-16(27)11-9-14/h2,4-5,8-12,20,27H,3,6-7H2,1H3,(H,23,24,25)/t20-/m1/s1. The van der Waals surface area contributed by atoms with Gasteiger partial charge in [0.05, 0.1) is 0 Å². The lowest BCUT2D eigenvalue weighted by Crippen LogP contribution is -2.31. The molecule has 1 atom stereocenters. The van der Waals surface area contributed by atoms with E-state index in [1.54, 1.807) is 24.3 Å². The minimum atomic E-state index is -0.280. The van der Waals surface area contributed by atoms with Crippen molar-refractivity contribution >= 4 is 11.7 Å². The molecule has 6 heteroatoms. The second kappa shape index (κ2) is 6.34. The quantitative estimate of drug-likeness (QED) is 0.711. The second-order valence-electron chi connectivity index (χ2n) is 7.36. The van der Waals surface area contributed by atoms with Crippen LogP contribution in [-0.4, -0.2) is 25.7 Å². The van der Waals surface area contributed by atoms with Gasteiger partial charge in [-0.05, 0) is 49.6 Å². The Morgan fingerprint density at radius 3 is 2.75 bits per heavy atom. The number of benzene rings is 2. The molecular formula is C22H20N4O2. The molecule has 0 saturated heterocycles. The van der Waals surface area contributed by atoms with Gasteiger partial charge in [0.2, 0.25) is 5.95 Å². The van der Waals surface area contributed by atoms with Gasteiger partial charge in [-0.1, -0.05) is 29.8 Å². The molecule has 1 aromatic heterocycles. The molecule has 0 saturated carbocycles. The Balaban J connectivity index is 1.68. The van der Waals surface area contributed by atoms with E-state index < -0.39 is 0 Å². The number of rotatable bonds is 2. The smallest absolute Gasteiger partial charge is 0.226 e. The molecule has 1 aliphatic carbocycles. The molecular weight excluding hydrogens is 352 g/mol. The highest BCUT2D eigenvalue weighted by Gasteiger charge is 2.36. The van der Waals surface area contributed by atoms with Gasteiger partial charge in [0.1, 0.15) is 11.8 Å². The van der Waals surface area contributed by atoms with Crippen molar-refractivity contribution in [2.45, 2.75) is 32.2 Å². The van der Waals surface area contributed by atoms with Gasteiger partial charge >= 0.3 is 0 Å². The molecule has 0 fully saturated rings. The molecule has 1 aliphatic heterocycles. The molecule has 140 valence electrons. The molecule has 2 N–H and O–H groups in total. The highest BCUT2D eigenvalue weighted by molar-refractivity contribution is 5.99. The summed E-state index contributed by atoms with van der Waals surface area (Å²) in [6, 6.07) is 14.7. The first-order valence-electron chi connectivity index (χ1n) is 9.46. The Hall–Kier alpha value is -3.41. The number of anilines is 1. The fraction of sp³-hybridized carbons (Fsp3) is 0.227. The molecule has 0 radical (unpaired) electrons. The minimum absolute atomic E-state index is 0.174. The van der Waals surface area contributed by atoms with Crippen molar-refractivity contribution in [3.05, 3.63) is 70.9 Å². The molecule has 5 rings (SSSR count). The first kappa shape index (κ1) is 16.7. The number of allylic oxidation sites excluding steroid dienone is 2. The third kappa shape index (κ3) is 2.69. The predicted octanol–water partition coefficient (Wildman–Crippen LogP) is 3.98. The Morgan fingerprint density at radius 1 is 1.14 bits per heavy atom. The van der Waals surface area contributed by atoms with E-state index in [-0.39, 0.29) is 17.6 Å². The number of phenolic OH excluding ortho intramolecular Hbond substituents is 1. The summed E-state index contributed by atoms with van der Waals surface area (Å²) in [5.41, 5.74) is 4.75. The molecule has 2 heterocycles. The number of aryl methyl sites for hydroxylation is 1. The number of carbonyl (C=O) groups is 1. The van der Waals surface area contributed by atoms with E-state index in [1.807, 2.05) is 29.8 Å². The summed E-state index contributed by atoms with van der Waals surface area (Å²) in [4.78, 5) is 17.5. The van der Waals surface area contributed by atoms with Gasteiger partial charge in [-0.25, -0.2) is 4.68 Å². The molecule has 0 amide bonds.